The van der Waals surface area contributed by atoms with Crippen LogP contribution in [-0.4, -0.2) is 43.8 Å². The molecule has 0 aromatic carbocycles. The fourth-order valence-electron chi connectivity index (χ4n) is 2.39. The highest BCUT2D eigenvalue weighted by molar-refractivity contribution is 5.67. The van der Waals surface area contributed by atoms with E-state index in [0.717, 1.165) is 13.1 Å². The molecular formula is C12H24N2O2. The van der Waals surface area contributed by atoms with Crippen molar-refractivity contribution in [3.8, 4) is 0 Å². The molecule has 0 aliphatic carbocycles. The SMILES string of the molecule is CCCC1CC(NC)CN(C(=O)OCC)C1. The first-order valence-corrected chi connectivity index (χ1v) is 6.30. The second-order valence-corrected chi connectivity index (χ2v) is 4.48. The van der Waals surface area contributed by atoms with E-state index in [2.05, 4.69) is 12.2 Å². The third-order valence-corrected chi connectivity index (χ3v) is 3.17. The van der Waals surface area contributed by atoms with E-state index in [0.29, 0.717) is 18.6 Å². The van der Waals surface area contributed by atoms with Crippen molar-refractivity contribution in [2.75, 3.05) is 26.7 Å². The Labute approximate surface area is 98.3 Å². The average Bonchev–Trinajstić information content (AvgIpc) is 2.29. The van der Waals surface area contributed by atoms with Crippen LogP contribution in [0.15, 0.2) is 0 Å². The smallest absolute Gasteiger partial charge is 0.409 e. The van der Waals surface area contributed by atoms with Gasteiger partial charge in [-0.15, -0.1) is 0 Å². The minimum atomic E-state index is -0.163. The summed E-state index contributed by atoms with van der Waals surface area (Å²) in [4.78, 5) is 13.5. The highest BCUT2D eigenvalue weighted by Gasteiger charge is 2.29. The minimum Gasteiger partial charge on any atom is -0.450 e. The number of likely N-dealkylation sites (N-methyl/N-ethyl adjacent to an activating group) is 1. The first-order chi connectivity index (χ1) is 7.71. The Hall–Kier alpha value is -0.770. The first kappa shape index (κ1) is 13.3. The molecular weight excluding hydrogens is 204 g/mol. The zero-order valence-electron chi connectivity index (χ0n) is 10.7. The highest BCUT2D eigenvalue weighted by atomic mass is 16.6. The molecule has 0 radical (unpaired) electrons. The van der Waals surface area contributed by atoms with Crippen molar-refractivity contribution >= 4 is 6.09 Å². The molecule has 4 heteroatoms. The number of likely N-dealkylation sites (tertiary alicyclic amines) is 1. The molecule has 0 aromatic heterocycles. The Morgan fingerprint density at radius 1 is 1.44 bits per heavy atom. The van der Waals surface area contributed by atoms with Gasteiger partial charge in [-0.25, -0.2) is 4.79 Å². The maximum Gasteiger partial charge on any atom is 0.409 e. The van der Waals surface area contributed by atoms with Crippen molar-refractivity contribution in [1.29, 1.82) is 0 Å². The summed E-state index contributed by atoms with van der Waals surface area (Å²) < 4.78 is 5.06. The molecule has 1 aliphatic rings. The number of piperidine rings is 1. The lowest BCUT2D eigenvalue weighted by molar-refractivity contribution is 0.0783. The lowest BCUT2D eigenvalue weighted by Crippen LogP contribution is -2.50. The van der Waals surface area contributed by atoms with Crippen molar-refractivity contribution in [3.63, 3.8) is 0 Å². The van der Waals surface area contributed by atoms with Crippen molar-refractivity contribution in [2.45, 2.75) is 39.2 Å². The summed E-state index contributed by atoms with van der Waals surface area (Å²) in [5.74, 6) is 0.612. The van der Waals surface area contributed by atoms with Crippen LogP contribution in [0.5, 0.6) is 0 Å². The Kier molecular flexibility index (Phi) is 5.60. The fourth-order valence-corrected chi connectivity index (χ4v) is 2.39. The van der Waals surface area contributed by atoms with Gasteiger partial charge in [0.2, 0.25) is 0 Å². The molecule has 1 saturated heterocycles. The van der Waals surface area contributed by atoms with Gasteiger partial charge in [-0.3, -0.25) is 0 Å². The van der Waals surface area contributed by atoms with Gasteiger partial charge in [0.25, 0.3) is 0 Å². The van der Waals surface area contributed by atoms with Gasteiger partial charge in [0, 0.05) is 19.1 Å². The van der Waals surface area contributed by atoms with Crippen LogP contribution in [0.25, 0.3) is 0 Å². The van der Waals surface area contributed by atoms with Crippen LogP contribution in [0.3, 0.4) is 0 Å². The standard InChI is InChI=1S/C12H24N2O2/c1-4-6-10-7-11(13-3)9-14(8-10)12(15)16-5-2/h10-11,13H,4-9H2,1-3H3. The van der Waals surface area contributed by atoms with Gasteiger partial charge in [0.05, 0.1) is 6.61 Å². The summed E-state index contributed by atoms with van der Waals surface area (Å²) in [6.45, 7) is 6.12. The second kappa shape index (κ2) is 6.74. The minimum absolute atomic E-state index is 0.163. The fraction of sp³-hybridized carbons (Fsp3) is 0.917. The van der Waals surface area contributed by atoms with E-state index in [-0.39, 0.29) is 6.09 Å². The van der Waals surface area contributed by atoms with Crippen molar-refractivity contribution < 1.29 is 9.53 Å². The third-order valence-electron chi connectivity index (χ3n) is 3.17. The Morgan fingerprint density at radius 3 is 2.75 bits per heavy atom. The molecule has 2 atom stereocenters. The van der Waals surface area contributed by atoms with Gasteiger partial charge >= 0.3 is 6.09 Å². The molecule has 0 bridgehead atoms. The summed E-state index contributed by atoms with van der Waals surface area (Å²) in [6, 6.07) is 0.412. The molecule has 94 valence electrons. The molecule has 16 heavy (non-hydrogen) atoms. The normalized spacial score (nSPS) is 25.6. The van der Waals surface area contributed by atoms with Crippen molar-refractivity contribution in [2.24, 2.45) is 5.92 Å². The summed E-state index contributed by atoms with van der Waals surface area (Å²) in [7, 11) is 1.96. The summed E-state index contributed by atoms with van der Waals surface area (Å²) in [5, 5.41) is 3.27. The van der Waals surface area contributed by atoms with Crippen LogP contribution >= 0.6 is 0 Å². The Bertz CT molecular complexity index is 221. The molecule has 1 amide bonds. The molecule has 0 spiro atoms. The van der Waals surface area contributed by atoms with Crippen molar-refractivity contribution in [3.05, 3.63) is 0 Å². The predicted molar refractivity (Wildman–Crippen MR) is 64.5 cm³/mol. The molecule has 1 aliphatic heterocycles. The van der Waals surface area contributed by atoms with Gasteiger partial charge in [-0.2, -0.15) is 0 Å². The van der Waals surface area contributed by atoms with Crippen LogP contribution in [0.2, 0.25) is 0 Å². The summed E-state index contributed by atoms with van der Waals surface area (Å²) >= 11 is 0. The quantitative estimate of drug-likeness (QED) is 0.798. The second-order valence-electron chi connectivity index (χ2n) is 4.48. The van der Waals surface area contributed by atoms with Crippen LogP contribution < -0.4 is 5.32 Å². The molecule has 4 nitrogen and oxygen atoms in total. The predicted octanol–water partition coefficient (Wildman–Crippen LogP) is 1.85. The average molecular weight is 228 g/mol. The largest absolute Gasteiger partial charge is 0.450 e. The molecule has 1 N–H and O–H groups in total. The zero-order chi connectivity index (χ0) is 12.0. The molecule has 1 heterocycles. The number of carbonyl (C=O) groups excluding carboxylic acids is 1. The highest BCUT2D eigenvalue weighted by Crippen LogP contribution is 2.21. The van der Waals surface area contributed by atoms with E-state index in [1.807, 2.05) is 18.9 Å². The van der Waals surface area contributed by atoms with E-state index >= 15 is 0 Å². The van der Waals surface area contributed by atoms with Crippen LogP contribution in [0.4, 0.5) is 4.79 Å². The van der Waals surface area contributed by atoms with Gasteiger partial charge in [-0.05, 0) is 32.7 Å². The molecule has 2 unspecified atom stereocenters. The lowest BCUT2D eigenvalue weighted by atomic mass is 9.91. The maximum absolute atomic E-state index is 11.7. The summed E-state index contributed by atoms with van der Waals surface area (Å²) in [5.41, 5.74) is 0. The van der Waals surface area contributed by atoms with E-state index in [1.54, 1.807) is 0 Å². The third kappa shape index (κ3) is 3.67. The Morgan fingerprint density at radius 2 is 2.19 bits per heavy atom. The lowest BCUT2D eigenvalue weighted by Gasteiger charge is -2.37. The molecule has 0 saturated carbocycles. The number of rotatable bonds is 4. The number of hydrogen-bond acceptors (Lipinski definition) is 3. The van der Waals surface area contributed by atoms with E-state index in [4.69, 9.17) is 4.74 Å². The number of carbonyl (C=O) groups is 1. The molecule has 0 aromatic rings. The Balaban J connectivity index is 2.53. The topological polar surface area (TPSA) is 41.6 Å². The maximum atomic E-state index is 11.7. The van der Waals surface area contributed by atoms with Crippen LogP contribution in [-0.2, 0) is 4.74 Å². The number of ether oxygens (including phenoxy) is 1. The monoisotopic (exact) mass is 228 g/mol. The van der Waals surface area contributed by atoms with Crippen LogP contribution in [0.1, 0.15) is 33.1 Å². The van der Waals surface area contributed by atoms with Crippen LogP contribution in [0, 0.1) is 5.92 Å². The number of hydrogen-bond donors (Lipinski definition) is 1. The summed E-state index contributed by atoms with van der Waals surface area (Å²) in [6.07, 6.45) is 3.37. The van der Waals surface area contributed by atoms with E-state index < -0.39 is 0 Å². The van der Waals surface area contributed by atoms with Gasteiger partial charge in [-0.1, -0.05) is 13.3 Å². The number of nitrogens with one attached hydrogen (secondary N) is 1. The van der Waals surface area contributed by atoms with Crippen molar-refractivity contribution in [1.82, 2.24) is 10.2 Å². The molecule has 1 rings (SSSR count). The zero-order valence-corrected chi connectivity index (χ0v) is 10.7. The molecule has 1 fully saturated rings. The van der Waals surface area contributed by atoms with Gasteiger partial charge in [0.15, 0.2) is 0 Å². The number of nitrogens with zero attached hydrogens (tertiary/aromatic N) is 1. The van der Waals surface area contributed by atoms with Gasteiger partial charge in [0.1, 0.15) is 0 Å². The van der Waals surface area contributed by atoms with Gasteiger partial charge < -0.3 is 15.0 Å². The first-order valence-electron chi connectivity index (χ1n) is 6.30. The number of amides is 1. The van der Waals surface area contributed by atoms with E-state index in [9.17, 15) is 4.79 Å². The van der Waals surface area contributed by atoms with E-state index in [1.165, 1.54) is 19.3 Å².